The van der Waals surface area contributed by atoms with Crippen LogP contribution in [0.15, 0.2) is 69.2 Å². The average Bonchev–Trinajstić information content (AvgIpc) is 3.28. The fourth-order valence-electron chi connectivity index (χ4n) is 3.11. The van der Waals surface area contributed by atoms with E-state index in [4.69, 9.17) is 9.15 Å². The van der Waals surface area contributed by atoms with Crippen molar-refractivity contribution in [3.63, 3.8) is 0 Å². The van der Waals surface area contributed by atoms with Gasteiger partial charge in [0.2, 0.25) is 11.7 Å². The van der Waals surface area contributed by atoms with Gasteiger partial charge >= 0.3 is 0 Å². The van der Waals surface area contributed by atoms with E-state index in [-0.39, 0.29) is 24.2 Å². The number of hydrogen-bond donors (Lipinski definition) is 2. The summed E-state index contributed by atoms with van der Waals surface area (Å²) >= 11 is 1.38. The highest BCUT2D eigenvalue weighted by atomic mass is 32.2. The number of methoxy groups -OCH3 is 1. The van der Waals surface area contributed by atoms with E-state index in [2.05, 4.69) is 20.0 Å². The summed E-state index contributed by atoms with van der Waals surface area (Å²) in [6.45, 7) is 2.30. The number of nitrogens with zero attached hydrogens (tertiary/aromatic N) is 2. The number of oxazole rings is 1. The predicted octanol–water partition coefficient (Wildman–Crippen LogP) is 3.58. The Kier molecular flexibility index (Phi) is 5.53. The number of amidine groups is 1. The van der Waals surface area contributed by atoms with Crippen molar-refractivity contribution in [2.45, 2.75) is 17.7 Å². The largest absolute Gasteiger partial charge is 0.496 e. The van der Waals surface area contributed by atoms with Crippen LogP contribution in [0.5, 0.6) is 5.75 Å². The molecule has 0 bridgehead atoms. The van der Waals surface area contributed by atoms with Crippen LogP contribution in [0, 0.1) is 6.92 Å². The van der Waals surface area contributed by atoms with Gasteiger partial charge in [-0.3, -0.25) is 4.79 Å². The Bertz CT molecular complexity index is 1050. The third-order valence-corrected chi connectivity index (χ3v) is 5.39. The van der Waals surface area contributed by atoms with E-state index in [9.17, 15) is 4.79 Å². The lowest BCUT2D eigenvalue weighted by atomic mass is 9.97. The molecule has 1 aliphatic heterocycles. The number of aliphatic imine (C=N–C) groups is 1. The van der Waals surface area contributed by atoms with Crippen molar-refractivity contribution >= 4 is 29.4 Å². The minimum atomic E-state index is -0.296. The SMILES string of the molecule is COc1ccccc1C(CNC(=O)C1=Nc2ccc(C)cc2SN1)c1ncco1. The number of rotatable bonds is 6. The highest BCUT2D eigenvalue weighted by Crippen LogP contribution is 2.33. The summed E-state index contributed by atoms with van der Waals surface area (Å²) in [5.74, 6) is 0.881. The van der Waals surface area contributed by atoms with Gasteiger partial charge in [-0.15, -0.1) is 0 Å². The van der Waals surface area contributed by atoms with E-state index < -0.39 is 0 Å². The number of para-hydroxylation sites is 1. The molecule has 1 aliphatic rings. The van der Waals surface area contributed by atoms with Gasteiger partial charge < -0.3 is 19.2 Å². The Labute approximate surface area is 172 Å². The first kappa shape index (κ1) is 19.1. The molecule has 148 valence electrons. The molecule has 2 N–H and O–H groups in total. The summed E-state index contributed by atoms with van der Waals surface area (Å²) in [4.78, 5) is 22.4. The highest BCUT2D eigenvalue weighted by Gasteiger charge is 2.25. The fraction of sp³-hybridized carbons (Fsp3) is 0.190. The number of aromatic nitrogens is 1. The van der Waals surface area contributed by atoms with E-state index >= 15 is 0 Å². The first-order valence-electron chi connectivity index (χ1n) is 9.08. The second kappa shape index (κ2) is 8.40. The van der Waals surface area contributed by atoms with Crippen LogP contribution in [0.3, 0.4) is 0 Å². The molecule has 1 amide bonds. The van der Waals surface area contributed by atoms with Crippen LogP contribution < -0.4 is 14.8 Å². The molecule has 0 radical (unpaired) electrons. The van der Waals surface area contributed by atoms with Gasteiger partial charge in [0, 0.05) is 12.1 Å². The monoisotopic (exact) mass is 408 g/mol. The predicted molar refractivity (Wildman–Crippen MR) is 112 cm³/mol. The average molecular weight is 408 g/mol. The molecular formula is C21H20N4O3S. The number of amides is 1. The summed E-state index contributed by atoms with van der Waals surface area (Å²) in [6.07, 6.45) is 3.10. The molecule has 0 saturated carbocycles. The second-order valence-corrected chi connectivity index (χ2v) is 7.36. The van der Waals surface area contributed by atoms with Gasteiger partial charge in [0.25, 0.3) is 5.91 Å². The third kappa shape index (κ3) is 4.12. The Morgan fingerprint density at radius 1 is 1.31 bits per heavy atom. The van der Waals surface area contributed by atoms with Crippen LogP contribution in [0.25, 0.3) is 0 Å². The van der Waals surface area contributed by atoms with Crippen molar-refractivity contribution in [3.8, 4) is 5.75 Å². The first-order valence-corrected chi connectivity index (χ1v) is 9.90. The van der Waals surface area contributed by atoms with E-state index in [1.54, 1.807) is 13.3 Å². The number of aryl methyl sites for hydroxylation is 1. The molecule has 1 atom stereocenters. The molecule has 4 rings (SSSR count). The number of carbonyl (C=O) groups is 1. The molecule has 0 fully saturated rings. The summed E-state index contributed by atoms with van der Waals surface area (Å²) in [5.41, 5.74) is 2.80. The van der Waals surface area contributed by atoms with E-state index in [1.165, 1.54) is 18.2 Å². The second-order valence-electron chi connectivity index (χ2n) is 6.51. The zero-order valence-corrected chi connectivity index (χ0v) is 16.8. The number of benzene rings is 2. The minimum absolute atomic E-state index is 0.262. The zero-order chi connectivity index (χ0) is 20.2. The lowest BCUT2D eigenvalue weighted by Gasteiger charge is -2.20. The maximum absolute atomic E-state index is 12.7. The highest BCUT2D eigenvalue weighted by molar-refractivity contribution is 7.98. The Hall–Kier alpha value is -3.26. The van der Waals surface area contributed by atoms with E-state index in [1.807, 2.05) is 49.4 Å². The molecule has 7 nitrogen and oxygen atoms in total. The van der Waals surface area contributed by atoms with Gasteiger partial charge in [-0.1, -0.05) is 24.3 Å². The third-order valence-electron chi connectivity index (χ3n) is 4.55. The lowest BCUT2D eigenvalue weighted by molar-refractivity contribution is -0.115. The van der Waals surface area contributed by atoms with Crippen LogP contribution in [0.4, 0.5) is 5.69 Å². The lowest BCUT2D eigenvalue weighted by Crippen LogP contribution is -2.40. The van der Waals surface area contributed by atoms with E-state index in [0.29, 0.717) is 11.6 Å². The van der Waals surface area contributed by atoms with Gasteiger partial charge in [-0.2, -0.15) is 0 Å². The van der Waals surface area contributed by atoms with Crippen LogP contribution in [0.2, 0.25) is 0 Å². The van der Waals surface area contributed by atoms with Crippen LogP contribution >= 0.6 is 11.9 Å². The molecule has 2 aromatic carbocycles. The summed E-state index contributed by atoms with van der Waals surface area (Å²) in [7, 11) is 1.61. The fourth-order valence-corrected chi connectivity index (χ4v) is 3.92. The number of ether oxygens (including phenoxy) is 1. The van der Waals surface area contributed by atoms with Crippen molar-refractivity contribution in [1.29, 1.82) is 0 Å². The van der Waals surface area contributed by atoms with Gasteiger partial charge in [-0.05, 0) is 42.6 Å². The molecule has 0 saturated heterocycles. The summed E-state index contributed by atoms with van der Waals surface area (Å²) in [5, 5.41) is 2.93. The zero-order valence-electron chi connectivity index (χ0n) is 16.0. The molecule has 3 aromatic rings. The van der Waals surface area contributed by atoms with E-state index in [0.717, 1.165) is 21.7 Å². The van der Waals surface area contributed by atoms with Gasteiger partial charge in [0.15, 0.2) is 0 Å². The Morgan fingerprint density at radius 2 is 2.17 bits per heavy atom. The summed E-state index contributed by atoms with van der Waals surface area (Å²) < 4.78 is 14.0. The Balaban J connectivity index is 1.54. The maximum atomic E-state index is 12.7. The number of nitrogens with one attached hydrogen (secondary N) is 2. The summed E-state index contributed by atoms with van der Waals surface area (Å²) in [6, 6.07) is 13.5. The van der Waals surface area contributed by atoms with Crippen molar-refractivity contribution in [2.75, 3.05) is 13.7 Å². The molecular weight excluding hydrogens is 388 g/mol. The Morgan fingerprint density at radius 3 is 2.97 bits per heavy atom. The van der Waals surface area contributed by atoms with Crippen LogP contribution in [-0.2, 0) is 4.79 Å². The maximum Gasteiger partial charge on any atom is 0.287 e. The molecule has 1 aromatic heterocycles. The molecule has 8 heteroatoms. The molecule has 2 heterocycles. The van der Waals surface area contributed by atoms with Crippen LogP contribution in [-0.4, -0.2) is 30.4 Å². The van der Waals surface area contributed by atoms with Crippen molar-refractivity contribution in [2.24, 2.45) is 4.99 Å². The first-order chi connectivity index (χ1) is 14.2. The van der Waals surface area contributed by atoms with Crippen molar-refractivity contribution in [3.05, 3.63) is 71.9 Å². The normalized spacial score (nSPS) is 13.7. The number of hydrogen-bond acceptors (Lipinski definition) is 7. The van der Waals surface area contributed by atoms with Crippen molar-refractivity contribution in [1.82, 2.24) is 15.0 Å². The minimum Gasteiger partial charge on any atom is -0.496 e. The molecule has 29 heavy (non-hydrogen) atoms. The standard InChI is InChI=1S/C21H20N4O3S/c1-13-7-8-16-18(11-13)29-25-19(24-16)20(26)23-12-15(21-22-9-10-28-21)14-5-3-4-6-17(14)27-2/h3-11,15H,12H2,1-2H3,(H,23,26)(H,24,25). The topological polar surface area (TPSA) is 88.8 Å². The van der Waals surface area contributed by atoms with Crippen molar-refractivity contribution < 1.29 is 13.9 Å². The number of fused-ring (bicyclic) bond motifs is 1. The molecule has 0 aliphatic carbocycles. The smallest absolute Gasteiger partial charge is 0.287 e. The molecule has 1 unspecified atom stereocenters. The number of carbonyl (C=O) groups excluding carboxylic acids is 1. The van der Waals surface area contributed by atoms with Crippen LogP contribution in [0.1, 0.15) is 22.9 Å². The van der Waals surface area contributed by atoms with Gasteiger partial charge in [0.05, 0.1) is 29.8 Å². The quantitative estimate of drug-likeness (QED) is 0.606. The van der Waals surface area contributed by atoms with Gasteiger partial charge in [-0.25, -0.2) is 9.98 Å². The molecule has 0 spiro atoms. The van der Waals surface area contributed by atoms with Gasteiger partial charge in [0.1, 0.15) is 12.0 Å².